The fourth-order valence-corrected chi connectivity index (χ4v) is 2.94. The minimum Gasteiger partial charge on any atom is -0.361 e. The largest absolute Gasteiger partial charge is 0.446 e. The van der Waals surface area contributed by atoms with E-state index in [1.54, 1.807) is 0 Å². The van der Waals surface area contributed by atoms with Crippen LogP contribution in [0.1, 0.15) is 6.92 Å². The zero-order valence-corrected chi connectivity index (χ0v) is 14.8. The number of carbonyl (C=O) groups is 1. The maximum absolute atomic E-state index is 11.3. The number of amides is 1. The van der Waals surface area contributed by atoms with Gasteiger partial charge in [-0.05, 0) is 18.2 Å². The van der Waals surface area contributed by atoms with Crippen LogP contribution in [0, 0.1) is 10.1 Å². The monoisotopic (exact) mass is 422 g/mol. The summed E-state index contributed by atoms with van der Waals surface area (Å²) in [7, 11) is -10.2. The SMILES string of the molecule is CC(=O)Nc1ccc2c(OS(=O)(=O)O)ccc([N+](=O)[O-])c2c1OS(=O)(=O)O. The van der Waals surface area contributed by atoms with Gasteiger partial charge in [0.1, 0.15) is 5.39 Å². The molecular formula is C12H10N2O11S2. The van der Waals surface area contributed by atoms with E-state index in [-0.39, 0.29) is 11.1 Å². The number of hydrogen-bond donors (Lipinski definition) is 3. The molecule has 0 atom stereocenters. The third-order valence-corrected chi connectivity index (χ3v) is 3.73. The molecule has 0 radical (unpaired) electrons. The average Bonchev–Trinajstić information content (AvgIpc) is 2.46. The van der Waals surface area contributed by atoms with Crippen LogP contribution in [0.2, 0.25) is 0 Å². The van der Waals surface area contributed by atoms with Crippen molar-refractivity contribution < 1.29 is 44.0 Å². The Bertz CT molecular complexity index is 1160. The number of nitro benzene ring substituents is 1. The number of anilines is 1. The van der Waals surface area contributed by atoms with E-state index in [2.05, 4.69) is 13.7 Å². The number of benzene rings is 2. The van der Waals surface area contributed by atoms with E-state index in [4.69, 9.17) is 9.11 Å². The highest BCUT2D eigenvalue weighted by molar-refractivity contribution is 7.81. The van der Waals surface area contributed by atoms with E-state index in [1.807, 2.05) is 0 Å². The molecule has 0 fully saturated rings. The molecule has 146 valence electrons. The van der Waals surface area contributed by atoms with E-state index < -0.39 is 54.2 Å². The van der Waals surface area contributed by atoms with E-state index in [0.717, 1.165) is 31.2 Å². The smallest absolute Gasteiger partial charge is 0.361 e. The lowest BCUT2D eigenvalue weighted by Crippen LogP contribution is -2.13. The first-order valence-corrected chi connectivity index (χ1v) is 9.37. The van der Waals surface area contributed by atoms with Gasteiger partial charge in [-0.2, -0.15) is 16.8 Å². The Kier molecular flexibility index (Phi) is 5.23. The number of nitro groups is 1. The molecule has 2 aromatic rings. The van der Waals surface area contributed by atoms with Crippen LogP contribution in [0.25, 0.3) is 10.8 Å². The van der Waals surface area contributed by atoms with Crippen molar-refractivity contribution in [2.45, 2.75) is 6.92 Å². The summed E-state index contributed by atoms with van der Waals surface area (Å²) in [6.07, 6.45) is 0. The van der Waals surface area contributed by atoms with Gasteiger partial charge in [-0.15, -0.1) is 0 Å². The van der Waals surface area contributed by atoms with Crippen molar-refractivity contribution in [3.05, 3.63) is 34.4 Å². The number of nitrogens with zero attached hydrogens (tertiary/aromatic N) is 1. The summed E-state index contributed by atoms with van der Waals surface area (Å²) >= 11 is 0. The average molecular weight is 422 g/mol. The third kappa shape index (κ3) is 5.00. The molecule has 0 aromatic heterocycles. The molecule has 0 saturated carbocycles. The predicted octanol–water partition coefficient (Wildman–Crippen LogP) is 1.07. The number of non-ortho nitro benzene ring substituents is 1. The fourth-order valence-electron chi connectivity index (χ4n) is 2.19. The summed E-state index contributed by atoms with van der Waals surface area (Å²) in [5.74, 6) is -2.17. The van der Waals surface area contributed by atoms with Crippen molar-refractivity contribution >= 4 is 48.9 Å². The predicted molar refractivity (Wildman–Crippen MR) is 89.3 cm³/mol. The molecule has 0 aliphatic carbocycles. The fraction of sp³-hybridized carbons (Fsp3) is 0.0833. The van der Waals surface area contributed by atoms with Crippen molar-refractivity contribution in [3.8, 4) is 11.5 Å². The van der Waals surface area contributed by atoms with E-state index in [0.29, 0.717) is 0 Å². The highest BCUT2D eigenvalue weighted by atomic mass is 32.3. The molecule has 2 aromatic carbocycles. The van der Waals surface area contributed by atoms with E-state index >= 15 is 0 Å². The quantitative estimate of drug-likeness (QED) is 0.341. The highest BCUT2D eigenvalue weighted by Crippen LogP contribution is 2.44. The Morgan fingerprint density at radius 2 is 1.67 bits per heavy atom. The molecule has 15 heteroatoms. The van der Waals surface area contributed by atoms with Gasteiger partial charge in [-0.25, -0.2) is 0 Å². The van der Waals surface area contributed by atoms with Gasteiger partial charge in [0.05, 0.1) is 10.6 Å². The summed E-state index contributed by atoms with van der Waals surface area (Å²) in [6.45, 7) is 1.05. The minimum absolute atomic E-state index is 0.366. The Morgan fingerprint density at radius 1 is 1.07 bits per heavy atom. The van der Waals surface area contributed by atoms with Crippen molar-refractivity contribution in [3.63, 3.8) is 0 Å². The van der Waals surface area contributed by atoms with Gasteiger partial charge in [0, 0.05) is 18.4 Å². The summed E-state index contributed by atoms with van der Waals surface area (Å²) in [5, 5.41) is 12.5. The first-order valence-electron chi connectivity index (χ1n) is 6.64. The second kappa shape index (κ2) is 6.95. The molecule has 2 rings (SSSR count). The highest BCUT2D eigenvalue weighted by Gasteiger charge is 2.26. The molecule has 27 heavy (non-hydrogen) atoms. The topological polar surface area (TPSA) is 199 Å². The lowest BCUT2D eigenvalue weighted by Gasteiger charge is -2.14. The third-order valence-electron chi connectivity index (χ3n) is 2.96. The Morgan fingerprint density at radius 3 is 2.15 bits per heavy atom. The van der Waals surface area contributed by atoms with Gasteiger partial charge in [0.25, 0.3) is 5.69 Å². The molecule has 0 saturated heterocycles. The minimum atomic E-state index is -5.20. The Hall–Kier alpha value is -3.01. The van der Waals surface area contributed by atoms with Gasteiger partial charge >= 0.3 is 20.8 Å². The van der Waals surface area contributed by atoms with E-state index in [9.17, 15) is 31.7 Å². The standard InChI is InChI=1S/C12H10N2O11S2/c1-6(15)13-8-3-2-7-10(24-26(18,19)20)5-4-9(14(16)17)11(7)12(8)25-27(21,22)23/h2-5H,1H3,(H,13,15)(H,18,19,20)(H,21,22,23). The number of hydrogen-bond acceptors (Lipinski definition) is 9. The number of rotatable bonds is 6. The van der Waals surface area contributed by atoms with Crippen molar-refractivity contribution in [2.75, 3.05) is 5.32 Å². The molecule has 0 spiro atoms. The van der Waals surface area contributed by atoms with Crippen LogP contribution in [0.15, 0.2) is 24.3 Å². The molecule has 13 nitrogen and oxygen atoms in total. The van der Waals surface area contributed by atoms with Gasteiger partial charge in [-0.3, -0.25) is 24.0 Å². The van der Waals surface area contributed by atoms with Gasteiger partial charge in [0.15, 0.2) is 11.5 Å². The zero-order valence-electron chi connectivity index (χ0n) is 13.1. The van der Waals surface area contributed by atoms with Gasteiger partial charge in [0.2, 0.25) is 5.91 Å². The second-order valence-electron chi connectivity index (χ2n) is 4.91. The molecule has 0 bridgehead atoms. The lowest BCUT2D eigenvalue weighted by atomic mass is 10.1. The van der Waals surface area contributed by atoms with Gasteiger partial charge < -0.3 is 13.7 Å². The number of fused-ring (bicyclic) bond motifs is 1. The molecule has 0 aliphatic rings. The second-order valence-corrected chi connectivity index (χ2v) is 6.95. The molecule has 3 N–H and O–H groups in total. The maximum atomic E-state index is 11.3. The van der Waals surface area contributed by atoms with Crippen LogP contribution in [0.5, 0.6) is 11.5 Å². The summed E-state index contributed by atoms with van der Waals surface area (Å²) in [4.78, 5) is 21.6. The molecule has 0 aliphatic heterocycles. The summed E-state index contributed by atoms with van der Waals surface area (Å²) in [6, 6.07) is 3.65. The van der Waals surface area contributed by atoms with Crippen LogP contribution >= 0.6 is 0 Å². The summed E-state index contributed by atoms with van der Waals surface area (Å²) < 4.78 is 70.7. The van der Waals surface area contributed by atoms with Crippen molar-refractivity contribution in [2.24, 2.45) is 0 Å². The normalized spacial score (nSPS) is 11.8. The van der Waals surface area contributed by atoms with E-state index in [1.165, 1.54) is 0 Å². The molecule has 0 unspecified atom stereocenters. The number of carbonyl (C=O) groups excluding carboxylic acids is 1. The van der Waals surface area contributed by atoms with Crippen LogP contribution < -0.4 is 13.7 Å². The summed E-state index contributed by atoms with van der Waals surface area (Å²) in [5.41, 5.74) is -1.14. The molecular weight excluding hydrogens is 412 g/mol. The number of nitrogens with one attached hydrogen (secondary N) is 1. The zero-order chi connectivity index (χ0) is 20.6. The Labute approximate surface area is 151 Å². The van der Waals surface area contributed by atoms with Crippen molar-refractivity contribution in [1.29, 1.82) is 0 Å². The van der Waals surface area contributed by atoms with Crippen LogP contribution in [0.3, 0.4) is 0 Å². The van der Waals surface area contributed by atoms with Crippen molar-refractivity contribution in [1.82, 2.24) is 0 Å². The first-order chi connectivity index (χ1) is 12.3. The van der Waals surface area contributed by atoms with Crippen LogP contribution in [-0.4, -0.2) is 36.8 Å². The molecule has 0 heterocycles. The van der Waals surface area contributed by atoms with Crippen LogP contribution in [-0.2, 0) is 25.6 Å². The Balaban J connectivity index is 2.97. The molecule has 1 amide bonds. The maximum Gasteiger partial charge on any atom is 0.446 e. The first kappa shape index (κ1) is 20.3. The van der Waals surface area contributed by atoms with Crippen LogP contribution in [0.4, 0.5) is 11.4 Å². The lowest BCUT2D eigenvalue weighted by molar-refractivity contribution is -0.383. The van der Waals surface area contributed by atoms with Gasteiger partial charge in [-0.1, -0.05) is 0 Å².